The van der Waals surface area contributed by atoms with Crippen molar-refractivity contribution in [2.24, 2.45) is 0 Å². The van der Waals surface area contributed by atoms with Gasteiger partial charge in [-0.15, -0.1) is 0 Å². The van der Waals surface area contributed by atoms with Crippen LogP contribution in [0.4, 0.5) is 11.4 Å². The van der Waals surface area contributed by atoms with E-state index in [1.165, 1.54) is 0 Å². The number of piperazine rings is 1. The van der Waals surface area contributed by atoms with Crippen molar-refractivity contribution < 1.29 is 9.59 Å². The number of hydrogen-bond acceptors (Lipinski definition) is 3. The Balaban J connectivity index is 1.81. The highest BCUT2D eigenvalue weighted by molar-refractivity contribution is 5.90. The van der Waals surface area contributed by atoms with Gasteiger partial charge in [-0.05, 0) is 30.7 Å². The van der Waals surface area contributed by atoms with Gasteiger partial charge in [0, 0.05) is 50.4 Å². The minimum atomic E-state index is 0.0259. The molecule has 1 heterocycles. The largest absolute Gasteiger partial charge is 0.368 e. The van der Waals surface area contributed by atoms with Gasteiger partial charge in [-0.1, -0.05) is 26.7 Å². The summed E-state index contributed by atoms with van der Waals surface area (Å²) in [6, 6.07) is 7.93. The van der Waals surface area contributed by atoms with Gasteiger partial charge in [-0.2, -0.15) is 0 Å². The number of rotatable bonds is 7. The fourth-order valence-electron chi connectivity index (χ4n) is 2.90. The molecule has 0 aromatic heterocycles. The molecule has 0 saturated carbocycles. The number of benzene rings is 1. The van der Waals surface area contributed by atoms with Gasteiger partial charge in [0.1, 0.15) is 0 Å². The Morgan fingerprint density at radius 3 is 2.25 bits per heavy atom. The zero-order chi connectivity index (χ0) is 17.4. The summed E-state index contributed by atoms with van der Waals surface area (Å²) in [5, 5.41) is 2.86. The Labute approximate surface area is 145 Å². The van der Waals surface area contributed by atoms with Gasteiger partial charge in [-0.25, -0.2) is 0 Å². The van der Waals surface area contributed by atoms with E-state index in [1.54, 1.807) is 0 Å². The van der Waals surface area contributed by atoms with Crippen LogP contribution in [0.1, 0.15) is 46.0 Å². The Bertz CT molecular complexity index is 534. The zero-order valence-electron chi connectivity index (χ0n) is 14.9. The summed E-state index contributed by atoms with van der Waals surface area (Å²) in [6.07, 6.45) is 4.44. The van der Waals surface area contributed by atoms with E-state index in [9.17, 15) is 9.59 Å². The molecule has 24 heavy (non-hydrogen) atoms. The van der Waals surface area contributed by atoms with E-state index < -0.39 is 0 Å². The third-order valence-electron chi connectivity index (χ3n) is 4.46. The number of carbonyl (C=O) groups excluding carboxylic acids is 2. The Morgan fingerprint density at radius 1 is 1.00 bits per heavy atom. The van der Waals surface area contributed by atoms with Gasteiger partial charge in [0.2, 0.25) is 11.8 Å². The summed E-state index contributed by atoms with van der Waals surface area (Å²) in [5.74, 6) is 0.318. The summed E-state index contributed by atoms with van der Waals surface area (Å²) in [5.41, 5.74) is 1.97. The van der Waals surface area contributed by atoms with E-state index in [0.29, 0.717) is 18.7 Å². The van der Waals surface area contributed by atoms with E-state index >= 15 is 0 Å². The van der Waals surface area contributed by atoms with E-state index in [1.807, 2.05) is 36.1 Å². The van der Waals surface area contributed by atoms with Crippen LogP contribution in [0.25, 0.3) is 0 Å². The molecule has 5 heteroatoms. The zero-order valence-corrected chi connectivity index (χ0v) is 14.9. The van der Waals surface area contributed by atoms with Crippen molar-refractivity contribution in [3.8, 4) is 0 Å². The van der Waals surface area contributed by atoms with Crippen molar-refractivity contribution in [2.75, 3.05) is 36.4 Å². The molecule has 1 aromatic carbocycles. The summed E-state index contributed by atoms with van der Waals surface area (Å²) in [7, 11) is 0. The lowest BCUT2D eigenvalue weighted by atomic mass is 10.1. The molecule has 1 fully saturated rings. The molecule has 0 bridgehead atoms. The summed E-state index contributed by atoms with van der Waals surface area (Å²) < 4.78 is 0. The second-order valence-corrected chi connectivity index (χ2v) is 6.27. The van der Waals surface area contributed by atoms with Crippen LogP contribution in [0.2, 0.25) is 0 Å². The SMILES string of the molecule is CCCCCC(=O)N1CCN(c2ccc(NC(=O)CC)cc2)CC1. The van der Waals surface area contributed by atoms with Crippen molar-refractivity contribution in [1.82, 2.24) is 4.90 Å². The molecule has 1 aromatic rings. The van der Waals surface area contributed by atoms with Crippen LogP contribution >= 0.6 is 0 Å². The topological polar surface area (TPSA) is 52.7 Å². The van der Waals surface area contributed by atoms with Gasteiger partial charge in [-0.3, -0.25) is 9.59 Å². The fraction of sp³-hybridized carbons (Fsp3) is 0.579. The monoisotopic (exact) mass is 331 g/mol. The minimum Gasteiger partial charge on any atom is -0.368 e. The molecule has 0 unspecified atom stereocenters. The molecule has 0 atom stereocenters. The van der Waals surface area contributed by atoms with Crippen LogP contribution in [0.3, 0.4) is 0 Å². The van der Waals surface area contributed by atoms with E-state index in [4.69, 9.17) is 0 Å². The molecule has 1 aliphatic heterocycles. The molecule has 2 amide bonds. The van der Waals surface area contributed by atoms with Crippen molar-refractivity contribution in [1.29, 1.82) is 0 Å². The Kier molecular flexibility index (Phi) is 7.09. The fourth-order valence-corrected chi connectivity index (χ4v) is 2.90. The maximum atomic E-state index is 12.2. The Morgan fingerprint density at radius 2 is 1.67 bits per heavy atom. The van der Waals surface area contributed by atoms with Crippen molar-refractivity contribution in [3.63, 3.8) is 0 Å². The maximum Gasteiger partial charge on any atom is 0.224 e. The number of amides is 2. The molecule has 132 valence electrons. The average Bonchev–Trinajstić information content (AvgIpc) is 2.62. The van der Waals surface area contributed by atoms with Crippen molar-refractivity contribution in [3.05, 3.63) is 24.3 Å². The number of anilines is 2. The molecule has 1 saturated heterocycles. The summed E-state index contributed by atoms with van der Waals surface area (Å²) >= 11 is 0. The van der Waals surface area contributed by atoms with E-state index in [-0.39, 0.29) is 5.91 Å². The number of carbonyl (C=O) groups is 2. The molecule has 1 aliphatic rings. The minimum absolute atomic E-state index is 0.0259. The third kappa shape index (κ3) is 5.25. The van der Waals surface area contributed by atoms with Gasteiger partial charge >= 0.3 is 0 Å². The second-order valence-electron chi connectivity index (χ2n) is 6.27. The summed E-state index contributed by atoms with van der Waals surface area (Å²) in [4.78, 5) is 27.8. The normalized spacial score (nSPS) is 14.6. The lowest BCUT2D eigenvalue weighted by Gasteiger charge is -2.36. The predicted molar refractivity (Wildman–Crippen MR) is 98.3 cm³/mol. The van der Waals surface area contributed by atoms with Crippen molar-refractivity contribution >= 4 is 23.2 Å². The smallest absolute Gasteiger partial charge is 0.224 e. The first-order valence-corrected chi connectivity index (χ1v) is 9.06. The van der Waals surface area contributed by atoms with E-state index in [0.717, 1.165) is 56.8 Å². The van der Waals surface area contributed by atoms with Crippen LogP contribution < -0.4 is 10.2 Å². The number of unbranched alkanes of at least 4 members (excludes halogenated alkanes) is 2. The molecule has 2 rings (SSSR count). The van der Waals surface area contributed by atoms with Crippen LogP contribution in [-0.4, -0.2) is 42.9 Å². The van der Waals surface area contributed by atoms with Crippen molar-refractivity contribution in [2.45, 2.75) is 46.0 Å². The predicted octanol–water partition coefficient (Wildman–Crippen LogP) is 3.26. The quantitative estimate of drug-likeness (QED) is 0.780. The van der Waals surface area contributed by atoms with Gasteiger partial charge in [0.25, 0.3) is 0 Å². The number of hydrogen-bond donors (Lipinski definition) is 1. The second kappa shape index (κ2) is 9.30. The lowest BCUT2D eigenvalue weighted by Crippen LogP contribution is -2.48. The molecular formula is C19H29N3O2. The van der Waals surface area contributed by atoms with Crippen LogP contribution in [0, 0.1) is 0 Å². The first-order chi connectivity index (χ1) is 11.6. The Hall–Kier alpha value is -2.04. The first-order valence-electron chi connectivity index (χ1n) is 9.06. The molecule has 0 radical (unpaired) electrons. The van der Waals surface area contributed by atoms with E-state index in [2.05, 4.69) is 17.1 Å². The van der Waals surface area contributed by atoms with Gasteiger partial charge < -0.3 is 15.1 Å². The molecule has 5 nitrogen and oxygen atoms in total. The van der Waals surface area contributed by atoms with Crippen LogP contribution in [-0.2, 0) is 9.59 Å². The lowest BCUT2D eigenvalue weighted by molar-refractivity contribution is -0.131. The van der Waals surface area contributed by atoms with Crippen LogP contribution in [0.15, 0.2) is 24.3 Å². The average molecular weight is 331 g/mol. The highest BCUT2D eigenvalue weighted by Crippen LogP contribution is 2.20. The highest BCUT2D eigenvalue weighted by atomic mass is 16.2. The maximum absolute atomic E-state index is 12.2. The first kappa shape index (κ1) is 18.3. The third-order valence-corrected chi connectivity index (χ3v) is 4.46. The molecule has 0 aliphatic carbocycles. The number of nitrogens with one attached hydrogen (secondary N) is 1. The van der Waals surface area contributed by atoms with Gasteiger partial charge in [0.15, 0.2) is 0 Å². The summed E-state index contributed by atoms with van der Waals surface area (Å²) in [6.45, 7) is 7.30. The molecule has 1 N–H and O–H groups in total. The van der Waals surface area contributed by atoms with Crippen LogP contribution in [0.5, 0.6) is 0 Å². The number of nitrogens with zero attached hydrogens (tertiary/aromatic N) is 2. The standard InChI is InChI=1S/C19H29N3O2/c1-3-5-6-7-19(24)22-14-12-21(13-15-22)17-10-8-16(9-11-17)20-18(23)4-2/h8-11H,3-7,12-15H2,1-2H3,(H,20,23). The van der Waals surface area contributed by atoms with Gasteiger partial charge in [0.05, 0.1) is 0 Å². The molecular weight excluding hydrogens is 302 g/mol. The highest BCUT2D eigenvalue weighted by Gasteiger charge is 2.20. The molecule has 0 spiro atoms.